The van der Waals surface area contributed by atoms with Crippen LogP contribution < -0.4 is 5.73 Å². The van der Waals surface area contributed by atoms with E-state index in [0.717, 1.165) is 7.05 Å². The van der Waals surface area contributed by atoms with Crippen LogP contribution in [0.2, 0.25) is 0 Å². The molecule has 2 amide bonds. The first-order valence-electron chi connectivity index (χ1n) is 7.92. The molecule has 0 aliphatic heterocycles. The van der Waals surface area contributed by atoms with Gasteiger partial charge in [0.2, 0.25) is 0 Å². The molecule has 17 heteroatoms. The Morgan fingerprint density at radius 3 is 1.91 bits per heavy atom. The summed E-state index contributed by atoms with van der Waals surface area (Å²) in [6.07, 6.45) is -10.5. The first-order valence-corrected chi connectivity index (χ1v) is 8.30. The summed E-state index contributed by atoms with van der Waals surface area (Å²) in [5.41, 5.74) is 2.80. The van der Waals surface area contributed by atoms with Gasteiger partial charge in [-0.15, -0.1) is 0 Å². The van der Waals surface area contributed by atoms with E-state index in [1.54, 1.807) is 0 Å². The van der Waals surface area contributed by atoms with Gasteiger partial charge in [-0.05, 0) is 17.7 Å². The number of nitrogens with zero attached hydrogens (tertiary/aromatic N) is 1. The number of rotatable bonds is 5. The fourth-order valence-electron chi connectivity index (χ4n) is 1.75. The van der Waals surface area contributed by atoms with E-state index >= 15 is 0 Å². The first-order chi connectivity index (χ1) is 14.7. The minimum absolute atomic E-state index is 0.0331. The zero-order valence-corrected chi connectivity index (χ0v) is 16.7. The lowest BCUT2D eigenvalue weighted by Gasteiger charge is -2.21. The molecule has 0 bridgehead atoms. The predicted octanol–water partition coefficient (Wildman–Crippen LogP) is 2.78. The number of benzene rings is 1. The monoisotopic (exact) mass is 518 g/mol. The van der Waals surface area contributed by atoms with E-state index < -0.39 is 65.8 Å². The molecular formula is C16H12ClF9N2O5. The summed E-state index contributed by atoms with van der Waals surface area (Å²) in [5, 5.41) is -1.57. The number of ether oxygens (including phenoxy) is 1. The molecule has 0 radical (unpaired) electrons. The van der Waals surface area contributed by atoms with E-state index in [0.29, 0.717) is 17.0 Å². The van der Waals surface area contributed by atoms with Crippen molar-refractivity contribution in [2.45, 2.75) is 24.8 Å². The highest BCUT2D eigenvalue weighted by atomic mass is 35.5. The van der Waals surface area contributed by atoms with Crippen molar-refractivity contribution in [3.8, 4) is 0 Å². The molecule has 0 atom stereocenters. The largest absolute Gasteiger partial charge is 0.458 e. The zero-order valence-electron chi connectivity index (χ0n) is 16.0. The van der Waals surface area contributed by atoms with Gasteiger partial charge in [-0.3, -0.25) is 14.4 Å². The Morgan fingerprint density at radius 2 is 1.55 bits per heavy atom. The van der Waals surface area contributed by atoms with E-state index in [9.17, 15) is 58.7 Å². The number of hydrogen-bond donors (Lipinski definition) is 1. The molecule has 33 heavy (non-hydrogen) atoms. The Balaban J connectivity index is 0.000000785. The number of nitrogens with two attached hydrogens (primary N) is 1. The van der Waals surface area contributed by atoms with E-state index in [2.05, 4.69) is 16.3 Å². The molecule has 1 aromatic carbocycles. The molecule has 0 spiro atoms. The average molecular weight is 519 g/mol. The van der Waals surface area contributed by atoms with Crippen LogP contribution in [0.3, 0.4) is 0 Å². The van der Waals surface area contributed by atoms with Crippen molar-refractivity contribution < 1.29 is 63.4 Å². The lowest BCUT2D eigenvalue weighted by atomic mass is 10.0. The second-order valence-electron chi connectivity index (χ2n) is 5.87. The van der Waals surface area contributed by atoms with Gasteiger partial charge in [-0.2, -0.15) is 35.1 Å². The van der Waals surface area contributed by atoms with Crippen molar-refractivity contribution in [3.05, 3.63) is 35.1 Å². The van der Waals surface area contributed by atoms with Gasteiger partial charge >= 0.3 is 41.3 Å². The van der Waals surface area contributed by atoms with Crippen LogP contribution in [0, 0.1) is 5.82 Å². The fraction of sp³-hybridized carbons (Fsp3) is 0.375. The molecule has 0 aliphatic rings. The number of alkyl halides is 8. The molecule has 0 saturated carbocycles. The van der Waals surface area contributed by atoms with E-state index in [4.69, 9.17) is 5.73 Å². The normalized spacial score (nSPS) is 11.7. The first kappa shape index (κ1) is 30.0. The summed E-state index contributed by atoms with van der Waals surface area (Å²) < 4.78 is 113. The second-order valence-corrected chi connectivity index (χ2v) is 6.21. The van der Waals surface area contributed by atoms with Gasteiger partial charge in [0.15, 0.2) is 6.61 Å². The average Bonchev–Trinajstić information content (AvgIpc) is 2.65. The van der Waals surface area contributed by atoms with Crippen LogP contribution in [0.15, 0.2) is 18.2 Å². The Hall–Kier alpha value is -3.04. The summed E-state index contributed by atoms with van der Waals surface area (Å²) in [4.78, 5) is 42.3. The topological polar surface area (TPSA) is 107 Å². The zero-order chi connectivity index (χ0) is 26.4. The molecule has 1 aromatic rings. The molecule has 0 aliphatic carbocycles. The molecule has 186 valence electrons. The lowest BCUT2D eigenvalue weighted by molar-refractivity contribution is -0.289. The molecule has 0 heterocycles. The Kier molecular flexibility index (Phi) is 10.2. The van der Waals surface area contributed by atoms with Crippen molar-refractivity contribution >= 4 is 34.6 Å². The molecular weight excluding hydrogens is 507 g/mol. The Labute approximate surface area is 183 Å². The summed E-state index contributed by atoms with van der Waals surface area (Å²) in [7, 11) is 1.09. The van der Waals surface area contributed by atoms with Crippen molar-refractivity contribution in [2.75, 3.05) is 13.7 Å². The van der Waals surface area contributed by atoms with Gasteiger partial charge in [0.1, 0.15) is 5.82 Å². The smallest absolute Gasteiger partial charge is 0.449 e. The van der Waals surface area contributed by atoms with Gasteiger partial charge in [0.05, 0.1) is 0 Å². The summed E-state index contributed by atoms with van der Waals surface area (Å²) >= 11 is 4.48. The highest BCUT2D eigenvalue weighted by Crippen LogP contribution is 2.44. The predicted molar refractivity (Wildman–Crippen MR) is 89.9 cm³/mol. The minimum atomic E-state index is -5.86. The lowest BCUT2D eigenvalue weighted by Crippen LogP contribution is -2.37. The van der Waals surface area contributed by atoms with Crippen molar-refractivity contribution in [3.63, 3.8) is 0 Å². The van der Waals surface area contributed by atoms with Crippen LogP contribution >= 0.6 is 11.6 Å². The second kappa shape index (κ2) is 11.2. The highest BCUT2D eigenvalue weighted by Gasteiger charge is 2.58. The summed E-state index contributed by atoms with van der Waals surface area (Å²) in [5.74, 6) is -10.8. The third kappa shape index (κ3) is 9.55. The van der Waals surface area contributed by atoms with E-state index in [1.165, 1.54) is 0 Å². The van der Waals surface area contributed by atoms with Crippen LogP contribution in [0.4, 0.5) is 39.5 Å². The number of carbonyl (C=O) groups is 4. The van der Waals surface area contributed by atoms with Gasteiger partial charge in [-0.1, -0.05) is 12.1 Å². The van der Waals surface area contributed by atoms with Gasteiger partial charge < -0.3 is 15.4 Å². The minimum Gasteiger partial charge on any atom is -0.449 e. The number of likely N-dealkylation sites (N-methyl/N-ethyl adjacent to an activating group) is 1. The maximum Gasteiger partial charge on any atom is 0.458 e. The third-order valence-electron chi connectivity index (χ3n) is 3.26. The number of primary amides is 1. The molecule has 7 nitrogen and oxygen atoms in total. The molecule has 1 rings (SSSR count). The molecule has 0 unspecified atom stereocenters. The van der Waals surface area contributed by atoms with Crippen molar-refractivity contribution in [1.29, 1.82) is 0 Å². The van der Waals surface area contributed by atoms with Crippen LogP contribution in [-0.2, 0) is 36.4 Å². The Bertz CT molecular complexity index is 903. The van der Waals surface area contributed by atoms with Crippen LogP contribution in [0.5, 0.6) is 0 Å². The van der Waals surface area contributed by atoms with E-state index in [1.807, 2.05) is 0 Å². The SMILES string of the molecule is CN(Cc1ccc(C(F)(F)C(F)(F)F)cc1F)C(=O)C(N)=O.O=C(Cl)C(=O)OCC(F)(F)F. The quantitative estimate of drug-likeness (QED) is 0.279. The Morgan fingerprint density at radius 1 is 1.03 bits per heavy atom. The van der Waals surface area contributed by atoms with Crippen molar-refractivity contribution in [1.82, 2.24) is 4.90 Å². The fourth-order valence-corrected chi connectivity index (χ4v) is 1.81. The molecule has 0 saturated heterocycles. The van der Waals surface area contributed by atoms with Gasteiger partial charge in [0.25, 0.3) is 0 Å². The maximum atomic E-state index is 13.6. The highest BCUT2D eigenvalue weighted by molar-refractivity contribution is 6.80. The maximum absolute atomic E-state index is 13.6. The third-order valence-corrected chi connectivity index (χ3v) is 3.42. The molecule has 2 N–H and O–H groups in total. The van der Waals surface area contributed by atoms with E-state index in [-0.39, 0.29) is 11.6 Å². The van der Waals surface area contributed by atoms with Crippen LogP contribution in [0.1, 0.15) is 11.1 Å². The van der Waals surface area contributed by atoms with Crippen LogP contribution in [-0.4, -0.2) is 53.9 Å². The van der Waals surface area contributed by atoms with Crippen LogP contribution in [0.25, 0.3) is 0 Å². The number of hydrogen-bond acceptors (Lipinski definition) is 5. The molecule has 0 fully saturated rings. The van der Waals surface area contributed by atoms with Crippen molar-refractivity contribution in [2.24, 2.45) is 5.73 Å². The summed E-state index contributed by atoms with van der Waals surface area (Å²) in [6, 6.07) is 1.11. The molecule has 0 aromatic heterocycles. The number of esters is 1. The van der Waals surface area contributed by atoms with Gasteiger partial charge in [-0.25, -0.2) is 9.18 Å². The number of amides is 2. The summed E-state index contributed by atoms with van der Waals surface area (Å²) in [6.45, 7) is -2.32. The number of carbonyl (C=O) groups excluding carboxylic acids is 4. The number of halogens is 10. The standard InChI is InChI=1S/C12H10F6N2O2.C4H2ClF3O3/c1-20(10(22)9(19)21)5-6-2-3-7(4-8(6)13)11(14,15)12(16,17)18;5-2(9)3(10)11-1-4(6,7)8/h2-4H,5H2,1H3,(H2,19,21);1H2. The van der Waals surface area contributed by atoms with Gasteiger partial charge in [0, 0.05) is 24.7 Å².